The van der Waals surface area contributed by atoms with E-state index in [-0.39, 0.29) is 5.69 Å². The zero-order valence-electron chi connectivity index (χ0n) is 14.5. The number of fused-ring (bicyclic) bond motifs is 1. The third kappa shape index (κ3) is 3.47. The zero-order chi connectivity index (χ0) is 19.9. The molecule has 8 nitrogen and oxygen atoms in total. The van der Waals surface area contributed by atoms with Crippen LogP contribution in [0.25, 0.3) is 20.8 Å². The number of aryl methyl sites for hydroxylation is 1. The Balaban J connectivity index is 1.62. The molecule has 142 valence electrons. The number of rotatable bonds is 4. The molecular formula is C18H14N4O4S2. The first-order chi connectivity index (χ1) is 13.3. The van der Waals surface area contributed by atoms with Crippen LogP contribution in [0.5, 0.6) is 0 Å². The van der Waals surface area contributed by atoms with E-state index in [0.717, 1.165) is 32.5 Å². The molecule has 4 rings (SSSR count). The highest BCUT2D eigenvalue weighted by molar-refractivity contribution is 7.92. The largest absolute Gasteiger partial charge is 0.325 e. The Morgan fingerprint density at radius 2 is 1.82 bits per heavy atom. The maximum Gasteiger partial charge on any atom is 0.325 e. The molecule has 0 radical (unpaired) electrons. The van der Waals surface area contributed by atoms with Gasteiger partial charge in [0.15, 0.2) is 4.90 Å². The smallest absolute Gasteiger partial charge is 0.313 e. The number of sulfonamides is 1. The fraction of sp³-hybridized carbons (Fsp3) is 0.0556. The van der Waals surface area contributed by atoms with Crippen molar-refractivity contribution in [1.29, 1.82) is 0 Å². The van der Waals surface area contributed by atoms with Crippen molar-refractivity contribution in [2.75, 3.05) is 4.72 Å². The van der Waals surface area contributed by atoms with Crippen molar-refractivity contribution in [2.45, 2.75) is 11.8 Å². The van der Waals surface area contributed by atoms with Gasteiger partial charge in [0.1, 0.15) is 5.01 Å². The van der Waals surface area contributed by atoms with Gasteiger partial charge in [0.2, 0.25) is 0 Å². The van der Waals surface area contributed by atoms with Gasteiger partial charge in [0, 0.05) is 17.4 Å². The Bertz CT molecular complexity index is 1400. The molecule has 2 aromatic heterocycles. The first-order valence-corrected chi connectivity index (χ1v) is 10.4. The van der Waals surface area contributed by atoms with Crippen molar-refractivity contribution in [3.05, 3.63) is 75.1 Å². The molecule has 4 aromatic rings. The first-order valence-electron chi connectivity index (χ1n) is 8.14. The van der Waals surface area contributed by atoms with Crippen LogP contribution in [0, 0.1) is 6.92 Å². The van der Waals surface area contributed by atoms with Gasteiger partial charge in [0.25, 0.3) is 15.6 Å². The average molecular weight is 414 g/mol. The second kappa shape index (κ2) is 6.73. The predicted octanol–water partition coefficient (Wildman–Crippen LogP) is 2.45. The number of thiazole rings is 1. The minimum Gasteiger partial charge on any atom is -0.313 e. The van der Waals surface area contributed by atoms with E-state index >= 15 is 0 Å². The molecule has 0 saturated carbocycles. The van der Waals surface area contributed by atoms with Crippen molar-refractivity contribution >= 4 is 37.3 Å². The van der Waals surface area contributed by atoms with E-state index in [4.69, 9.17) is 0 Å². The van der Waals surface area contributed by atoms with E-state index in [9.17, 15) is 18.0 Å². The van der Waals surface area contributed by atoms with Crippen LogP contribution >= 0.6 is 11.3 Å². The quantitative estimate of drug-likeness (QED) is 0.473. The summed E-state index contributed by atoms with van der Waals surface area (Å²) < 4.78 is 28.2. The monoisotopic (exact) mass is 414 g/mol. The summed E-state index contributed by atoms with van der Waals surface area (Å²) in [5.41, 5.74) is 1.43. The number of aromatic amines is 2. The molecular weight excluding hydrogens is 400 g/mol. The van der Waals surface area contributed by atoms with Gasteiger partial charge in [0.05, 0.1) is 10.2 Å². The Morgan fingerprint density at radius 1 is 1.07 bits per heavy atom. The van der Waals surface area contributed by atoms with E-state index in [1.165, 1.54) is 0 Å². The Hall–Kier alpha value is -3.24. The van der Waals surface area contributed by atoms with Gasteiger partial charge >= 0.3 is 5.69 Å². The number of H-pyrrole nitrogens is 2. The SMILES string of the molecule is Cc1ccc2nc(-c3ccc(NS(=O)(=O)c4c[nH]c(=O)[nH]c4=O)cc3)sc2c1. The van der Waals surface area contributed by atoms with Crippen LogP contribution in [0.2, 0.25) is 0 Å². The maximum absolute atomic E-state index is 12.4. The summed E-state index contributed by atoms with van der Waals surface area (Å²) in [6, 6.07) is 12.7. The van der Waals surface area contributed by atoms with Crippen LogP contribution in [0.15, 0.2) is 63.1 Å². The number of benzene rings is 2. The summed E-state index contributed by atoms with van der Waals surface area (Å²) in [6.45, 7) is 2.02. The molecule has 0 bridgehead atoms. The Labute approximate surface area is 163 Å². The van der Waals surface area contributed by atoms with Gasteiger partial charge < -0.3 is 4.98 Å². The highest BCUT2D eigenvalue weighted by Crippen LogP contribution is 2.31. The number of nitrogens with one attached hydrogen (secondary N) is 3. The summed E-state index contributed by atoms with van der Waals surface area (Å²) in [6.07, 6.45) is 0.862. The fourth-order valence-corrected chi connectivity index (χ4v) is 4.78. The summed E-state index contributed by atoms with van der Waals surface area (Å²) in [5.74, 6) is 0. The molecule has 0 unspecified atom stereocenters. The second-order valence-corrected chi connectivity index (χ2v) is 8.79. The topological polar surface area (TPSA) is 125 Å². The van der Waals surface area contributed by atoms with Crippen LogP contribution in [0.1, 0.15) is 5.56 Å². The highest BCUT2D eigenvalue weighted by atomic mass is 32.2. The van der Waals surface area contributed by atoms with Gasteiger partial charge in [-0.2, -0.15) is 0 Å². The Kier molecular flexibility index (Phi) is 4.36. The summed E-state index contributed by atoms with van der Waals surface area (Å²) in [4.78, 5) is 30.8. The fourth-order valence-electron chi connectivity index (χ4n) is 2.64. The first kappa shape index (κ1) is 18.1. The van der Waals surface area contributed by atoms with Crippen molar-refractivity contribution in [3.63, 3.8) is 0 Å². The maximum atomic E-state index is 12.4. The van der Waals surface area contributed by atoms with Gasteiger partial charge in [-0.1, -0.05) is 6.07 Å². The van der Waals surface area contributed by atoms with Crippen LogP contribution in [0.3, 0.4) is 0 Å². The van der Waals surface area contributed by atoms with Crippen molar-refractivity contribution in [2.24, 2.45) is 0 Å². The molecule has 2 aromatic carbocycles. The number of anilines is 1. The number of hydrogen-bond acceptors (Lipinski definition) is 6. The van der Waals surface area contributed by atoms with Crippen molar-refractivity contribution < 1.29 is 8.42 Å². The van der Waals surface area contributed by atoms with E-state index in [1.54, 1.807) is 35.6 Å². The van der Waals surface area contributed by atoms with Crippen molar-refractivity contribution in [1.82, 2.24) is 15.0 Å². The molecule has 0 fully saturated rings. The lowest BCUT2D eigenvalue weighted by atomic mass is 10.2. The molecule has 0 aliphatic carbocycles. The molecule has 0 aliphatic rings. The number of hydrogen-bond donors (Lipinski definition) is 3. The third-order valence-corrected chi connectivity index (χ3v) is 6.46. The summed E-state index contributed by atoms with van der Waals surface area (Å²) in [7, 11) is -4.14. The molecule has 2 heterocycles. The molecule has 0 atom stereocenters. The van der Waals surface area contributed by atoms with E-state index in [0.29, 0.717) is 0 Å². The highest BCUT2D eigenvalue weighted by Gasteiger charge is 2.19. The van der Waals surface area contributed by atoms with Crippen LogP contribution in [-0.2, 0) is 10.0 Å². The Morgan fingerprint density at radius 3 is 2.54 bits per heavy atom. The second-order valence-electron chi connectivity index (χ2n) is 6.11. The summed E-state index contributed by atoms with van der Waals surface area (Å²) >= 11 is 1.55. The molecule has 0 saturated heterocycles. The molecule has 0 amide bonds. The molecule has 3 N–H and O–H groups in total. The van der Waals surface area contributed by atoms with Gasteiger partial charge in [-0.15, -0.1) is 11.3 Å². The predicted molar refractivity (Wildman–Crippen MR) is 108 cm³/mol. The molecule has 0 aliphatic heterocycles. The molecule has 28 heavy (non-hydrogen) atoms. The lowest BCUT2D eigenvalue weighted by Gasteiger charge is -2.07. The minimum absolute atomic E-state index is 0.284. The third-order valence-electron chi connectivity index (χ3n) is 4.00. The van der Waals surface area contributed by atoms with E-state index in [2.05, 4.69) is 20.8 Å². The lowest BCUT2D eigenvalue weighted by molar-refractivity contribution is 0.599. The minimum atomic E-state index is -4.14. The van der Waals surface area contributed by atoms with Crippen molar-refractivity contribution in [3.8, 4) is 10.6 Å². The normalized spacial score (nSPS) is 11.6. The van der Waals surface area contributed by atoms with Crippen LogP contribution < -0.4 is 16.0 Å². The van der Waals surface area contributed by atoms with Crippen LogP contribution in [0.4, 0.5) is 5.69 Å². The lowest BCUT2D eigenvalue weighted by Crippen LogP contribution is -2.29. The van der Waals surface area contributed by atoms with Gasteiger partial charge in [-0.3, -0.25) is 14.5 Å². The number of aromatic nitrogens is 3. The average Bonchev–Trinajstić information content (AvgIpc) is 3.04. The van der Waals surface area contributed by atoms with Crippen LogP contribution in [-0.4, -0.2) is 23.4 Å². The molecule has 0 spiro atoms. The number of nitrogens with zero attached hydrogens (tertiary/aromatic N) is 1. The van der Waals surface area contributed by atoms with Gasteiger partial charge in [-0.05, 0) is 48.9 Å². The van der Waals surface area contributed by atoms with E-state index in [1.807, 2.05) is 24.0 Å². The molecule has 10 heteroatoms. The zero-order valence-corrected chi connectivity index (χ0v) is 16.1. The van der Waals surface area contributed by atoms with Gasteiger partial charge in [-0.25, -0.2) is 18.2 Å². The standard InChI is InChI=1S/C18H14N4O4S2/c1-10-2-7-13-14(8-10)27-17(20-13)11-3-5-12(6-4-11)22-28(25,26)15-9-19-18(24)21-16(15)23/h2-9,22H,1H3,(H2,19,21,23,24). The summed E-state index contributed by atoms with van der Waals surface area (Å²) in [5, 5.41) is 0.826. The van der Waals surface area contributed by atoms with E-state index < -0.39 is 26.2 Å².